The van der Waals surface area contributed by atoms with Gasteiger partial charge in [0.25, 0.3) is 5.91 Å². The maximum absolute atomic E-state index is 12.0. The number of anilines is 2. The lowest BCUT2D eigenvalue weighted by Gasteiger charge is -2.16. The molecule has 0 bridgehead atoms. The molecule has 0 spiro atoms. The molecule has 22 heavy (non-hydrogen) atoms. The van der Waals surface area contributed by atoms with Crippen LogP contribution < -0.4 is 9.62 Å². The van der Waals surface area contributed by atoms with Crippen LogP contribution in [0.2, 0.25) is 5.02 Å². The maximum atomic E-state index is 12.0. The number of nitrogens with zero attached hydrogens (tertiary/aromatic N) is 1. The second-order valence-electron chi connectivity index (χ2n) is 4.74. The van der Waals surface area contributed by atoms with Gasteiger partial charge in [0.05, 0.1) is 11.9 Å². The number of carbonyl (C=O) groups excluding carboxylic acids is 1. The Labute approximate surface area is 134 Å². The molecule has 0 fully saturated rings. The summed E-state index contributed by atoms with van der Waals surface area (Å²) in [5.41, 5.74) is 1.58. The lowest BCUT2D eigenvalue weighted by Crippen LogP contribution is -2.24. The molecule has 0 heterocycles. The number of hydrogen-bond donors (Lipinski definition) is 1. The zero-order valence-corrected chi connectivity index (χ0v) is 13.6. The Morgan fingerprint density at radius 1 is 1.05 bits per heavy atom. The molecule has 0 aliphatic rings. The molecule has 1 amide bonds. The molecule has 1 N–H and O–H groups in total. The van der Waals surface area contributed by atoms with Crippen molar-refractivity contribution in [1.82, 2.24) is 0 Å². The second kappa shape index (κ2) is 6.37. The van der Waals surface area contributed by atoms with Gasteiger partial charge in [-0.15, -0.1) is 0 Å². The van der Waals surface area contributed by atoms with Crippen molar-refractivity contribution in [1.29, 1.82) is 0 Å². The molecule has 0 aliphatic heterocycles. The number of carbonyl (C=O) groups is 1. The van der Waals surface area contributed by atoms with Crippen molar-refractivity contribution in [2.75, 3.05) is 22.9 Å². The van der Waals surface area contributed by atoms with Crippen LogP contribution in [0.25, 0.3) is 0 Å². The first kappa shape index (κ1) is 16.3. The van der Waals surface area contributed by atoms with Crippen LogP contribution in [0.1, 0.15) is 10.4 Å². The Morgan fingerprint density at radius 3 is 2.09 bits per heavy atom. The zero-order chi connectivity index (χ0) is 16.3. The van der Waals surface area contributed by atoms with Gasteiger partial charge in [0, 0.05) is 23.3 Å². The van der Waals surface area contributed by atoms with E-state index in [1.54, 1.807) is 48.5 Å². The fourth-order valence-corrected chi connectivity index (χ4v) is 2.38. The van der Waals surface area contributed by atoms with Crippen molar-refractivity contribution in [2.45, 2.75) is 0 Å². The average molecular weight is 339 g/mol. The summed E-state index contributed by atoms with van der Waals surface area (Å²) in [6.45, 7) is 0. The molecule has 5 nitrogen and oxygen atoms in total. The number of hydrogen-bond acceptors (Lipinski definition) is 3. The van der Waals surface area contributed by atoms with Crippen molar-refractivity contribution < 1.29 is 13.2 Å². The van der Waals surface area contributed by atoms with E-state index in [9.17, 15) is 13.2 Å². The number of amides is 1. The molecule has 2 aromatic rings. The molecular formula is C15H15ClN2O3S. The molecule has 116 valence electrons. The van der Waals surface area contributed by atoms with Crippen LogP contribution in [0.5, 0.6) is 0 Å². The third-order valence-corrected chi connectivity index (χ3v) is 4.55. The molecule has 0 radical (unpaired) electrons. The fraction of sp³-hybridized carbons (Fsp3) is 0.133. The minimum Gasteiger partial charge on any atom is -0.322 e. The highest BCUT2D eigenvalue weighted by molar-refractivity contribution is 7.92. The fourth-order valence-electron chi connectivity index (χ4n) is 1.75. The molecule has 0 saturated carbocycles. The molecule has 0 aliphatic carbocycles. The second-order valence-corrected chi connectivity index (χ2v) is 7.19. The van der Waals surface area contributed by atoms with Crippen molar-refractivity contribution in [3.8, 4) is 0 Å². The third-order valence-electron chi connectivity index (χ3n) is 3.09. The highest BCUT2D eigenvalue weighted by Gasteiger charge is 2.12. The van der Waals surface area contributed by atoms with Crippen molar-refractivity contribution in [2.24, 2.45) is 0 Å². The SMILES string of the molecule is CN(c1ccc(NC(=O)c2ccc(Cl)cc2)cc1)S(C)(=O)=O. The summed E-state index contributed by atoms with van der Waals surface area (Å²) in [5, 5.41) is 3.29. The van der Waals surface area contributed by atoms with E-state index < -0.39 is 10.0 Å². The molecule has 0 unspecified atom stereocenters. The molecule has 0 atom stereocenters. The van der Waals surface area contributed by atoms with Crippen LogP contribution in [0.15, 0.2) is 48.5 Å². The summed E-state index contributed by atoms with van der Waals surface area (Å²) < 4.78 is 24.1. The van der Waals surface area contributed by atoms with Gasteiger partial charge in [-0.05, 0) is 48.5 Å². The summed E-state index contributed by atoms with van der Waals surface area (Å²) in [4.78, 5) is 12.0. The van der Waals surface area contributed by atoms with Crippen LogP contribution in [0, 0.1) is 0 Å². The van der Waals surface area contributed by atoms with Gasteiger partial charge >= 0.3 is 0 Å². The predicted octanol–water partition coefficient (Wildman–Crippen LogP) is 2.99. The average Bonchev–Trinajstić information content (AvgIpc) is 2.47. The van der Waals surface area contributed by atoms with Crippen molar-refractivity contribution in [3.63, 3.8) is 0 Å². The summed E-state index contributed by atoms with van der Waals surface area (Å²) in [6, 6.07) is 13.1. The minimum atomic E-state index is -3.31. The minimum absolute atomic E-state index is 0.263. The topological polar surface area (TPSA) is 66.5 Å². The van der Waals surface area contributed by atoms with Crippen LogP contribution in [-0.4, -0.2) is 27.6 Å². The summed E-state index contributed by atoms with van der Waals surface area (Å²) in [6.07, 6.45) is 1.13. The Hall–Kier alpha value is -2.05. The first-order valence-corrected chi connectivity index (χ1v) is 8.61. The first-order valence-electron chi connectivity index (χ1n) is 6.38. The third kappa shape index (κ3) is 3.99. The first-order chi connectivity index (χ1) is 10.3. The zero-order valence-electron chi connectivity index (χ0n) is 12.1. The van der Waals surface area contributed by atoms with Gasteiger partial charge in [0.2, 0.25) is 10.0 Å². The van der Waals surface area contributed by atoms with E-state index in [2.05, 4.69) is 5.32 Å². The van der Waals surface area contributed by atoms with Gasteiger partial charge in [0.1, 0.15) is 0 Å². The van der Waals surface area contributed by atoms with E-state index in [1.807, 2.05) is 0 Å². The van der Waals surface area contributed by atoms with E-state index in [1.165, 1.54) is 7.05 Å². The van der Waals surface area contributed by atoms with Gasteiger partial charge in [0.15, 0.2) is 0 Å². The molecule has 0 saturated heterocycles. The Morgan fingerprint density at radius 2 is 1.59 bits per heavy atom. The molecule has 0 aromatic heterocycles. The van der Waals surface area contributed by atoms with Gasteiger partial charge < -0.3 is 5.32 Å². The normalized spacial score (nSPS) is 11.0. The van der Waals surface area contributed by atoms with Crippen LogP contribution in [0.4, 0.5) is 11.4 Å². The van der Waals surface area contributed by atoms with E-state index in [0.29, 0.717) is 22.0 Å². The van der Waals surface area contributed by atoms with E-state index >= 15 is 0 Å². The number of rotatable bonds is 4. The van der Waals surface area contributed by atoms with Gasteiger partial charge in [-0.3, -0.25) is 9.10 Å². The predicted molar refractivity (Wildman–Crippen MR) is 89.1 cm³/mol. The van der Waals surface area contributed by atoms with E-state index in [4.69, 9.17) is 11.6 Å². The standard InChI is InChI=1S/C15H15ClN2O3S/c1-18(22(2,20)21)14-9-7-13(8-10-14)17-15(19)11-3-5-12(16)6-4-11/h3-10H,1-2H3,(H,17,19). The molecule has 2 rings (SSSR count). The summed E-state index contributed by atoms with van der Waals surface area (Å²) in [5.74, 6) is -0.263. The summed E-state index contributed by atoms with van der Waals surface area (Å²) >= 11 is 5.77. The largest absolute Gasteiger partial charge is 0.322 e. The Balaban J connectivity index is 2.11. The van der Waals surface area contributed by atoms with Gasteiger partial charge in [-0.1, -0.05) is 11.6 Å². The highest BCUT2D eigenvalue weighted by Crippen LogP contribution is 2.19. The number of benzene rings is 2. The molecule has 7 heteroatoms. The van der Waals surface area contributed by atoms with Crippen molar-refractivity contribution in [3.05, 3.63) is 59.1 Å². The number of sulfonamides is 1. The van der Waals surface area contributed by atoms with Gasteiger partial charge in [-0.2, -0.15) is 0 Å². The smallest absolute Gasteiger partial charge is 0.255 e. The molecular weight excluding hydrogens is 324 g/mol. The van der Waals surface area contributed by atoms with Gasteiger partial charge in [-0.25, -0.2) is 8.42 Å². The number of halogens is 1. The number of nitrogens with one attached hydrogen (secondary N) is 1. The Bertz CT molecular complexity index is 771. The Kier molecular flexibility index (Phi) is 4.73. The van der Waals surface area contributed by atoms with Crippen LogP contribution in [-0.2, 0) is 10.0 Å². The van der Waals surface area contributed by atoms with E-state index in [0.717, 1.165) is 10.6 Å². The van der Waals surface area contributed by atoms with E-state index in [-0.39, 0.29) is 5.91 Å². The molecule has 2 aromatic carbocycles. The van der Waals surface area contributed by atoms with Crippen LogP contribution >= 0.6 is 11.6 Å². The summed E-state index contributed by atoms with van der Waals surface area (Å²) in [7, 11) is -1.84. The monoisotopic (exact) mass is 338 g/mol. The van der Waals surface area contributed by atoms with Crippen LogP contribution in [0.3, 0.4) is 0 Å². The highest BCUT2D eigenvalue weighted by atomic mass is 35.5. The maximum Gasteiger partial charge on any atom is 0.255 e. The lowest BCUT2D eigenvalue weighted by atomic mass is 10.2. The quantitative estimate of drug-likeness (QED) is 0.932. The van der Waals surface area contributed by atoms with Crippen molar-refractivity contribution >= 4 is 38.9 Å². The lowest BCUT2D eigenvalue weighted by molar-refractivity contribution is 0.102.